The molecule has 0 spiro atoms. The number of benzene rings is 2. The molecule has 2 aliphatic rings. The number of para-hydroxylation sites is 2. The molecule has 1 fully saturated rings. The maximum absolute atomic E-state index is 13.1. The van der Waals surface area contributed by atoms with Crippen LogP contribution in [0, 0.1) is 0 Å². The highest BCUT2D eigenvalue weighted by atomic mass is 32.2. The molecule has 2 aromatic rings. The van der Waals surface area contributed by atoms with Gasteiger partial charge in [0.2, 0.25) is 5.91 Å². The van der Waals surface area contributed by atoms with Crippen molar-refractivity contribution in [3.05, 3.63) is 48.5 Å². The number of nitrogens with zero attached hydrogens (tertiary/aromatic N) is 3. The van der Waals surface area contributed by atoms with Crippen LogP contribution in [0.1, 0.15) is 66.2 Å². The van der Waals surface area contributed by atoms with Gasteiger partial charge in [-0.25, -0.2) is 0 Å². The molecule has 1 atom stereocenters. The Morgan fingerprint density at radius 1 is 0.837 bits per heavy atom. The number of carbonyl (C=O) groups excluding carboxylic acids is 1. The third-order valence-electron chi connectivity index (χ3n) is 9.33. The average Bonchev–Trinajstić information content (AvgIpc) is 3.04. The molecule has 0 radical (unpaired) electrons. The van der Waals surface area contributed by atoms with Gasteiger partial charge in [0.25, 0.3) is 0 Å². The van der Waals surface area contributed by atoms with Gasteiger partial charge in [-0.2, -0.15) is 0 Å². The molecule has 2 aromatic carbocycles. The minimum absolute atomic E-state index is 0.203. The molecular formula is C35H53N3O4S. The fourth-order valence-corrected chi connectivity index (χ4v) is 7.22. The molecule has 0 N–H and O–H groups in total. The number of fused-ring (bicyclic) bond motifs is 2. The third kappa shape index (κ3) is 8.98. The highest BCUT2D eigenvalue weighted by Gasteiger charge is 2.30. The van der Waals surface area contributed by atoms with Crippen LogP contribution in [0.4, 0.5) is 11.4 Å². The maximum Gasteiger partial charge on any atom is 0.224 e. The minimum atomic E-state index is -0.274. The van der Waals surface area contributed by atoms with Gasteiger partial charge in [0, 0.05) is 49.6 Å². The summed E-state index contributed by atoms with van der Waals surface area (Å²) in [5.41, 5.74) is 2.08. The second kappa shape index (κ2) is 16.3. The van der Waals surface area contributed by atoms with E-state index in [1.54, 1.807) is 7.11 Å². The standard InChI is InChI=1S/C35H53N3O4S/c1-6-34(4,28-40-5)41-27-19-35(7-2,8-3)42-26-18-33(39)37-24-22-36(23-25-37)20-13-21-38-29-14-9-11-16-31(29)43-32-17-12-10-15-30(32)38/h9-12,14-17H,6-8,13,18-28H2,1-5H3. The predicted molar refractivity (Wildman–Crippen MR) is 177 cm³/mol. The van der Waals surface area contributed by atoms with Gasteiger partial charge in [-0.1, -0.05) is 56.8 Å². The van der Waals surface area contributed by atoms with Crippen LogP contribution in [-0.4, -0.2) is 93.1 Å². The fraction of sp³-hybridized carbons (Fsp3) is 0.629. The molecule has 0 aromatic heterocycles. The molecule has 2 aliphatic heterocycles. The molecule has 43 heavy (non-hydrogen) atoms. The predicted octanol–water partition coefficient (Wildman–Crippen LogP) is 7.01. The van der Waals surface area contributed by atoms with Gasteiger partial charge in [0.05, 0.1) is 48.8 Å². The van der Waals surface area contributed by atoms with Crippen LogP contribution in [0.15, 0.2) is 58.3 Å². The number of methoxy groups -OCH3 is 1. The van der Waals surface area contributed by atoms with E-state index in [9.17, 15) is 4.79 Å². The first kappa shape index (κ1) is 33.8. The molecule has 0 bridgehead atoms. The third-order valence-corrected chi connectivity index (χ3v) is 10.5. The number of hydrogen-bond donors (Lipinski definition) is 0. The lowest BCUT2D eigenvalue weighted by Crippen LogP contribution is -2.49. The van der Waals surface area contributed by atoms with Gasteiger partial charge in [-0.05, 0) is 69.8 Å². The van der Waals surface area contributed by atoms with E-state index in [2.05, 4.69) is 86.0 Å². The zero-order valence-corrected chi connectivity index (χ0v) is 27.9. The Morgan fingerprint density at radius 3 is 2.05 bits per heavy atom. The first-order valence-corrected chi connectivity index (χ1v) is 17.1. The number of anilines is 2. The van der Waals surface area contributed by atoms with E-state index in [0.29, 0.717) is 26.2 Å². The SMILES string of the molecule is CCC(C)(COC)OCCC(CC)(CC)OCCC(=O)N1CCN(CCCN2c3ccccc3Sc3ccccc32)CC1. The molecule has 8 heteroatoms. The summed E-state index contributed by atoms with van der Waals surface area (Å²) in [6, 6.07) is 17.4. The molecule has 0 aliphatic carbocycles. The summed E-state index contributed by atoms with van der Waals surface area (Å²) < 4.78 is 18.0. The largest absolute Gasteiger partial charge is 0.382 e. The van der Waals surface area contributed by atoms with E-state index in [0.717, 1.165) is 71.4 Å². The maximum atomic E-state index is 13.1. The Labute approximate surface area is 264 Å². The van der Waals surface area contributed by atoms with Crippen molar-refractivity contribution in [3.8, 4) is 0 Å². The molecule has 1 unspecified atom stereocenters. The van der Waals surface area contributed by atoms with Crippen LogP contribution >= 0.6 is 11.8 Å². The van der Waals surface area contributed by atoms with Gasteiger partial charge >= 0.3 is 0 Å². The smallest absolute Gasteiger partial charge is 0.224 e. The molecule has 1 amide bonds. The molecule has 0 saturated carbocycles. The molecule has 7 nitrogen and oxygen atoms in total. The second-order valence-electron chi connectivity index (χ2n) is 12.1. The summed E-state index contributed by atoms with van der Waals surface area (Å²) in [5, 5.41) is 0. The second-order valence-corrected chi connectivity index (χ2v) is 13.2. The average molecular weight is 612 g/mol. The van der Waals surface area contributed by atoms with E-state index in [-0.39, 0.29) is 17.1 Å². The quantitative estimate of drug-likeness (QED) is 0.191. The lowest BCUT2D eigenvalue weighted by Gasteiger charge is -2.37. The first-order chi connectivity index (χ1) is 20.9. The molecule has 2 heterocycles. The number of piperazine rings is 1. The Morgan fingerprint density at radius 2 is 1.47 bits per heavy atom. The molecule has 238 valence electrons. The van der Waals surface area contributed by atoms with Crippen LogP contribution in [0.5, 0.6) is 0 Å². The molecular weight excluding hydrogens is 558 g/mol. The Hall–Kier alpha value is -2.10. The lowest BCUT2D eigenvalue weighted by molar-refractivity contribution is -0.138. The van der Waals surface area contributed by atoms with Crippen molar-refractivity contribution in [1.82, 2.24) is 9.80 Å². The van der Waals surface area contributed by atoms with Gasteiger partial charge in [0.1, 0.15) is 0 Å². The molecule has 1 saturated heterocycles. The van der Waals surface area contributed by atoms with Crippen LogP contribution < -0.4 is 4.90 Å². The first-order valence-electron chi connectivity index (χ1n) is 16.3. The summed E-state index contributed by atoms with van der Waals surface area (Å²) in [6.07, 6.45) is 5.04. The van der Waals surface area contributed by atoms with Crippen LogP contribution in [0.25, 0.3) is 0 Å². The van der Waals surface area contributed by atoms with Crippen molar-refractivity contribution >= 4 is 29.0 Å². The summed E-state index contributed by atoms with van der Waals surface area (Å²) in [4.78, 5) is 22.7. The normalized spacial score (nSPS) is 17.0. The van der Waals surface area contributed by atoms with Crippen molar-refractivity contribution in [2.75, 3.05) is 71.1 Å². The molecule has 4 rings (SSSR count). The Balaban J connectivity index is 1.18. The van der Waals surface area contributed by atoms with E-state index in [1.807, 2.05) is 16.7 Å². The van der Waals surface area contributed by atoms with Gasteiger partial charge in [0.15, 0.2) is 0 Å². The Bertz CT molecular complexity index is 1110. The van der Waals surface area contributed by atoms with E-state index in [4.69, 9.17) is 14.2 Å². The van der Waals surface area contributed by atoms with Crippen molar-refractivity contribution in [1.29, 1.82) is 0 Å². The van der Waals surface area contributed by atoms with E-state index < -0.39 is 0 Å². The number of amides is 1. The number of rotatable bonds is 17. The topological polar surface area (TPSA) is 54.5 Å². The summed E-state index contributed by atoms with van der Waals surface area (Å²) in [5.74, 6) is 0.203. The number of hydrogen-bond acceptors (Lipinski definition) is 7. The van der Waals surface area contributed by atoms with E-state index >= 15 is 0 Å². The zero-order valence-electron chi connectivity index (χ0n) is 27.1. The summed E-state index contributed by atoms with van der Waals surface area (Å²) in [7, 11) is 1.72. The summed E-state index contributed by atoms with van der Waals surface area (Å²) >= 11 is 1.86. The van der Waals surface area contributed by atoms with Gasteiger partial charge in [-0.15, -0.1) is 0 Å². The highest BCUT2D eigenvalue weighted by Crippen LogP contribution is 2.47. The van der Waals surface area contributed by atoms with Gasteiger partial charge in [-0.3, -0.25) is 9.69 Å². The van der Waals surface area contributed by atoms with Gasteiger partial charge < -0.3 is 24.0 Å². The minimum Gasteiger partial charge on any atom is -0.382 e. The van der Waals surface area contributed by atoms with Crippen LogP contribution in [-0.2, 0) is 19.0 Å². The van der Waals surface area contributed by atoms with Crippen molar-refractivity contribution in [3.63, 3.8) is 0 Å². The zero-order chi connectivity index (χ0) is 30.7. The highest BCUT2D eigenvalue weighted by molar-refractivity contribution is 7.99. The van der Waals surface area contributed by atoms with Crippen LogP contribution in [0.3, 0.4) is 0 Å². The fourth-order valence-electron chi connectivity index (χ4n) is 6.12. The van der Waals surface area contributed by atoms with Crippen LogP contribution in [0.2, 0.25) is 0 Å². The lowest BCUT2D eigenvalue weighted by atomic mass is 9.93. The number of carbonyl (C=O) groups is 1. The number of ether oxygens (including phenoxy) is 3. The van der Waals surface area contributed by atoms with Crippen molar-refractivity contribution in [2.45, 2.75) is 87.2 Å². The summed E-state index contributed by atoms with van der Waals surface area (Å²) in [6.45, 7) is 15.7. The van der Waals surface area contributed by atoms with Crippen molar-refractivity contribution in [2.24, 2.45) is 0 Å². The monoisotopic (exact) mass is 611 g/mol. The Kier molecular flexibility index (Phi) is 12.8. The van der Waals surface area contributed by atoms with Crippen molar-refractivity contribution < 1.29 is 19.0 Å². The van der Waals surface area contributed by atoms with E-state index in [1.165, 1.54) is 21.2 Å².